The minimum absolute atomic E-state index is 0.00510. The minimum atomic E-state index is -0.252. The van der Waals surface area contributed by atoms with E-state index in [1.54, 1.807) is 0 Å². The van der Waals surface area contributed by atoms with Gasteiger partial charge in [0, 0.05) is 16.6 Å². The minimum Gasteiger partial charge on any atom is -0.352 e. The van der Waals surface area contributed by atoms with Gasteiger partial charge in [-0.05, 0) is 53.8 Å². The molecule has 1 N–H and O–H groups in total. The number of aryl methyl sites for hydroxylation is 1. The Morgan fingerprint density at radius 1 is 1.24 bits per heavy atom. The van der Waals surface area contributed by atoms with Crippen molar-refractivity contribution in [2.24, 2.45) is 0 Å². The van der Waals surface area contributed by atoms with Crippen molar-refractivity contribution < 1.29 is 4.79 Å². The van der Waals surface area contributed by atoms with Gasteiger partial charge in [-0.25, -0.2) is 0 Å². The highest BCUT2D eigenvalue weighted by Gasteiger charge is 2.20. The molecule has 0 spiro atoms. The maximum absolute atomic E-state index is 11.9. The van der Waals surface area contributed by atoms with E-state index in [0.29, 0.717) is 6.54 Å². The van der Waals surface area contributed by atoms with Gasteiger partial charge in [-0.15, -0.1) is 11.6 Å². The van der Waals surface area contributed by atoms with Crippen LogP contribution < -0.4 is 5.32 Å². The van der Waals surface area contributed by atoms with Gasteiger partial charge in [0.05, 0.1) is 5.38 Å². The van der Waals surface area contributed by atoms with Crippen LogP contribution in [0.2, 0.25) is 0 Å². The smallest absolute Gasteiger partial charge is 0.251 e. The van der Waals surface area contributed by atoms with Gasteiger partial charge in [0.2, 0.25) is 0 Å². The molecule has 3 rings (SSSR count). The number of rotatable bonds is 2. The van der Waals surface area contributed by atoms with Crippen LogP contribution in [0.5, 0.6) is 0 Å². The average molecular weight is 365 g/mol. The molecule has 0 aliphatic carbocycles. The summed E-state index contributed by atoms with van der Waals surface area (Å²) >= 11 is 10.1. The summed E-state index contributed by atoms with van der Waals surface area (Å²) in [6.45, 7) is 2.75. The Kier molecular flexibility index (Phi) is 4.05. The highest BCUT2D eigenvalue weighted by Crippen LogP contribution is 2.33. The molecule has 0 radical (unpaired) electrons. The maximum atomic E-state index is 11.9. The lowest BCUT2D eigenvalue weighted by molar-refractivity contribution is 0.0946. The van der Waals surface area contributed by atoms with Crippen LogP contribution >= 0.6 is 27.5 Å². The summed E-state index contributed by atoms with van der Waals surface area (Å²) in [4.78, 5) is 11.9. The first-order chi connectivity index (χ1) is 10.1. The fourth-order valence-corrected chi connectivity index (χ4v) is 3.55. The first-order valence-electron chi connectivity index (χ1n) is 6.87. The summed E-state index contributed by atoms with van der Waals surface area (Å²) in [5.41, 5.74) is 5.00. The second kappa shape index (κ2) is 5.82. The van der Waals surface area contributed by atoms with Crippen LogP contribution in [0.4, 0.5) is 0 Å². The molecular formula is C17H15BrClNO. The number of alkyl halides is 1. The third kappa shape index (κ3) is 2.85. The lowest BCUT2D eigenvalue weighted by atomic mass is 9.94. The number of hydrogen-bond donors (Lipinski definition) is 1. The highest BCUT2D eigenvalue weighted by molar-refractivity contribution is 9.10. The summed E-state index contributed by atoms with van der Waals surface area (Å²) in [6.07, 6.45) is 0.881. The van der Waals surface area contributed by atoms with E-state index in [0.717, 1.165) is 38.7 Å². The lowest BCUT2D eigenvalue weighted by Crippen LogP contribution is -2.31. The van der Waals surface area contributed by atoms with Crippen LogP contribution in [0.3, 0.4) is 0 Å². The van der Waals surface area contributed by atoms with Gasteiger partial charge in [-0.1, -0.05) is 34.1 Å². The van der Waals surface area contributed by atoms with Crippen LogP contribution in [-0.4, -0.2) is 12.5 Å². The highest BCUT2D eigenvalue weighted by atomic mass is 79.9. The molecule has 0 aromatic heterocycles. The molecule has 1 amide bonds. The summed E-state index contributed by atoms with van der Waals surface area (Å²) in [6, 6.07) is 12.0. The van der Waals surface area contributed by atoms with Crippen LogP contribution in [0.25, 0.3) is 0 Å². The van der Waals surface area contributed by atoms with Crippen LogP contribution in [0.15, 0.2) is 40.9 Å². The topological polar surface area (TPSA) is 29.1 Å². The fraction of sp³-hybridized carbons (Fsp3) is 0.235. The third-order valence-electron chi connectivity index (χ3n) is 3.86. The van der Waals surface area contributed by atoms with Crippen molar-refractivity contribution in [3.63, 3.8) is 0 Å². The van der Waals surface area contributed by atoms with E-state index in [9.17, 15) is 4.79 Å². The molecule has 4 heteroatoms. The Bertz CT molecular complexity index is 714. The number of benzene rings is 2. The molecule has 1 aliphatic rings. The van der Waals surface area contributed by atoms with Gasteiger partial charge in [-0.3, -0.25) is 4.79 Å². The quantitative estimate of drug-likeness (QED) is 0.788. The molecule has 1 aliphatic heterocycles. The second-order valence-corrected chi connectivity index (χ2v) is 6.64. The molecular weight excluding hydrogens is 350 g/mol. The Hall–Kier alpha value is -1.32. The van der Waals surface area contributed by atoms with E-state index in [1.165, 1.54) is 0 Å². The number of amides is 1. The average Bonchev–Trinajstić information content (AvgIpc) is 2.47. The van der Waals surface area contributed by atoms with E-state index in [1.807, 2.05) is 37.3 Å². The molecule has 0 saturated carbocycles. The molecule has 2 nitrogen and oxygen atoms in total. The predicted molar refractivity (Wildman–Crippen MR) is 89.1 cm³/mol. The van der Waals surface area contributed by atoms with Gasteiger partial charge >= 0.3 is 0 Å². The summed E-state index contributed by atoms with van der Waals surface area (Å²) in [5, 5.41) is 2.62. The molecule has 2 aromatic carbocycles. The second-order valence-electron chi connectivity index (χ2n) is 5.29. The van der Waals surface area contributed by atoms with Crippen molar-refractivity contribution >= 4 is 33.4 Å². The maximum Gasteiger partial charge on any atom is 0.251 e. The largest absolute Gasteiger partial charge is 0.352 e. The zero-order valence-corrected chi connectivity index (χ0v) is 14.0. The normalized spacial score (nSPS) is 15.3. The first-order valence-corrected chi connectivity index (χ1v) is 8.10. The Morgan fingerprint density at radius 2 is 2.05 bits per heavy atom. The Balaban J connectivity index is 2.00. The van der Waals surface area contributed by atoms with Crippen LogP contribution in [0, 0.1) is 6.92 Å². The number of carbonyl (C=O) groups is 1. The van der Waals surface area contributed by atoms with E-state index < -0.39 is 0 Å². The standard InChI is InChI=1S/C17H15BrClNO/c1-10-8-13(18)4-5-14(10)16(19)12-3-2-11-6-7-20-17(21)15(11)9-12/h2-5,8-9,16H,6-7H2,1H3,(H,20,21). The lowest BCUT2D eigenvalue weighted by Gasteiger charge is -2.19. The fourth-order valence-electron chi connectivity index (χ4n) is 2.69. The molecule has 0 bridgehead atoms. The Labute approximate surface area is 137 Å². The van der Waals surface area contributed by atoms with E-state index in [2.05, 4.69) is 27.3 Å². The number of fused-ring (bicyclic) bond motifs is 1. The number of halogens is 2. The van der Waals surface area contributed by atoms with E-state index in [4.69, 9.17) is 11.6 Å². The van der Waals surface area contributed by atoms with Gasteiger partial charge in [0.1, 0.15) is 0 Å². The molecule has 1 atom stereocenters. The number of nitrogens with one attached hydrogen (secondary N) is 1. The van der Waals surface area contributed by atoms with Gasteiger partial charge < -0.3 is 5.32 Å². The summed E-state index contributed by atoms with van der Waals surface area (Å²) in [7, 11) is 0. The van der Waals surface area contributed by atoms with Crippen molar-refractivity contribution in [1.29, 1.82) is 0 Å². The van der Waals surface area contributed by atoms with E-state index >= 15 is 0 Å². The van der Waals surface area contributed by atoms with Gasteiger partial charge in [0.15, 0.2) is 0 Å². The van der Waals surface area contributed by atoms with Gasteiger partial charge in [0.25, 0.3) is 5.91 Å². The van der Waals surface area contributed by atoms with E-state index in [-0.39, 0.29) is 11.3 Å². The predicted octanol–water partition coefficient (Wildman–Crippen LogP) is 4.37. The molecule has 108 valence electrons. The molecule has 1 unspecified atom stereocenters. The van der Waals surface area contributed by atoms with Crippen LogP contribution in [-0.2, 0) is 6.42 Å². The summed E-state index contributed by atoms with van der Waals surface area (Å²) in [5.74, 6) is -0.00510. The molecule has 2 aromatic rings. The SMILES string of the molecule is Cc1cc(Br)ccc1C(Cl)c1ccc2c(c1)C(=O)NCC2. The number of hydrogen-bond acceptors (Lipinski definition) is 1. The summed E-state index contributed by atoms with van der Waals surface area (Å²) < 4.78 is 1.04. The van der Waals surface area contributed by atoms with Gasteiger partial charge in [-0.2, -0.15) is 0 Å². The third-order valence-corrected chi connectivity index (χ3v) is 4.84. The molecule has 1 heterocycles. The molecule has 0 saturated heterocycles. The Morgan fingerprint density at radius 3 is 2.81 bits per heavy atom. The molecule has 0 fully saturated rings. The van der Waals surface area contributed by atoms with Crippen molar-refractivity contribution in [2.75, 3.05) is 6.54 Å². The zero-order chi connectivity index (χ0) is 15.0. The monoisotopic (exact) mass is 363 g/mol. The van der Waals surface area contributed by atoms with Crippen molar-refractivity contribution in [3.8, 4) is 0 Å². The van der Waals surface area contributed by atoms with Crippen molar-refractivity contribution in [1.82, 2.24) is 5.32 Å². The number of carbonyl (C=O) groups excluding carboxylic acids is 1. The molecule has 21 heavy (non-hydrogen) atoms. The van der Waals surface area contributed by atoms with Crippen LogP contribution in [0.1, 0.15) is 38.0 Å². The first kappa shape index (κ1) is 14.6. The van der Waals surface area contributed by atoms with Crippen molar-refractivity contribution in [3.05, 3.63) is 68.7 Å². The van der Waals surface area contributed by atoms with Crippen molar-refractivity contribution in [2.45, 2.75) is 18.7 Å². The zero-order valence-electron chi connectivity index (χ0n) is 11.6.